The molecule has 0 amide bonds. The standard InChI is InChI=1S/C12H13Cl2NO3/c1-5-17-7(3)11-10(14)12(18-8(4)16)9(13)6(2)15-11/h3,5H2,1-2,4H3. The van der Waals surface area contributed by atoms with Gasteiger partial charge in [-0.25, -0.2) is 4.98 Å². The minimum absolute atomic E-state index is 0.0780. The van der Waals surface area contributed by atoms with Gasteiger partial charge in [0, 0.05) is 6.92 Å². The molecule has 98 valence electrons. The highest BCUT2D eigenvalue weighted by Crippen LogP contribution is 2.38. The van der Waals surface area contributed by atoms with E-state index in [0.717, 1.165) is 0 Å². The van der Waals surface area contributed by atoms with E-state index >= 15 is 0 Å². The fraction of sp³-hybridized carbons (Fsp3) is 0.333. The van der Waals surface area contributed by atoms with E-state index in [9.17, 15) is 4.79 Å². The van der Waals surface area contributed by atoms with Gasteiger partial charge in [-0.05, 0) is 13.8 Å². The molecule has 0 aliphatic carbocycles. The van der Waals surface area contributed by atoms with Crippen LogP contribution in [0, 0.1) is 6.92 Å². The van der Waals surface area contributed by atoms with Crippen molar-refractivity contribution in [2.24, 2.45) is 0 Å². The average Bonchev–Trinajstić information content (AvgIpc) is 2.29. The molecule has 1 rings (SSSR count). The second kappa shape index (κ2) is 6.07. The molecule has 0 fully saturated rings. The number of hydrogen-bond acceptors (Lipinski definition) is 4. The number of esters is 1. The number of halogens is 2. The Morgan fingerprint density at radius 2 is 2.00 bits per heavy atom. The highest BCUT2D eigenvalue weighted by molar-refractivity contribution is 6.38. The zero-order valence-corrected chi connectivity index (χ0v) is 11.9. The maximum absolute atomic E-state index is 11.0. The van der Waals surface area contributed by atoms with Crippen LogP contribution in [-0.4, -0.2) is 17.6 Å². The van der Waals surface area contributed by atoms with Gasteiger partial charge in [0.15, 0.2) is 5.75 Å². The molecule has 0 aromatic carbocycles. The fourth-order valence-electron chi connectivity index (χ4n) is 1.29. The molecule has 0 atom stereocenters. The average molecular weight is 290 g/mol. The van der Waals surface area contributed by atoms with Crippen molar-refractivity contribution in [2.45, 2.75) is 20.8 Å². The zero-order chi connectivity index (χ0) is 13.9. The van der Waals surface area contributed by atoms with Gasteiger partial charge in [-0.2, -0.15) is 0 Å². The van der Waals surface area contributed by atoms with Gasteiger partial charge in [0.25, 0.3) is 0 Å². The Morgan fingerprint density at radius 3 is 2.50 bits per heavy atom. The lowest BCUT2D eigenvalue weighted by Gasteiger charge is -2.14. The van der Waals surface area contributed by atoms with Gasteiger partial charge in [-0.15, -0.1) is 0 Å². The first-order chi connectivity index (χ1) is 8.38. The summed E-state index contributed by atoms with van der Waals surface area (Å²) in [5, 5.41) is 0.308. The molecule has 0 aliphatic rings. The van der Waals surface area contributed by atoms with E-state index < -0.39 is 5.97 Å². The molecule has 0 spiro atoms. The van der Waals surface area contributed by atoms with E-state index in [2.05, 4.69) is 11.6 Å². The van der Waals surface area contributed by atoms with Crippen molar-refractivity contribution in [2.75, 3.05) is 6.61 Å². The van der Waals surface area contributed by atoms with Crippen molar-refractivity contribution >= 4 is 34.9 Å². The lowest BCUT2D eigenvalue weighted by atomic mass is 10.2. The first kappa shape index (κ1) is 14.8. The molecule has 1 aromatic heterocycles. The summed E-state index contributed by atoms with van der Waals surface area (Å²) >= 11 is 12.1. The van der Waals surface area contributed by atoms with Gasteiger partial charge >= 0.3 is 5.97 Å². The van der Waals surface area contributed by atoms with Crippen LogP contribution in [0.15, 0.2) is 6.58 Å². The van der Waals surface area contributed by atoms with Crippen LogP contribution in [0.4, 0.5) is 0 Å². The fourth-order valence-corrected chi connectivity index (χ4v) is 1.80. The van der Waals surface area contributed by atoms with Crippen molar-refractivity contribution in [3.63, 3.8) is 0 Å². The molecule has 0 saturated carbocycles. The molecule has 0 N–H and O–H groups in total. The number of ether oxygens (including phenoxy) is 2. The monoisotopic (exact) mass is 289 g/mol. The predicted molar refractivity (Wildman–Crippen MR) is 71.0 cm³/mol. The van der Waals surface area contributed by atoms with Crippen LogP contribution in [-0.2, 0) is 9.53 Å². The van der Waals surface area contributed by atoms with Crippen LogP contribution in [0.25, 0.3) is 5.76 Å². The molecule has 0 radical (unpaired) electrons. The molecule has 0 saturated heterocycles. The van der Waals surface area contributed by atoms with Crippen molar-refractivity contribution in [1.29, 1.82) is 0 Å². The molecule has 4 nitrogen and oxygen atoms in total. The number of aromatic nitrogens is 1. The largest absolute Gasteiger partial charge is 0.492 e. The van der Waals surface area contributed by atoms with E-state index in [1.54, 1.807) is 6.92 Å². The first-order valence-corrected chi connectivity index (χ1v) is 6.00. The molecular weight excluding hydrogens is 277 g/mol. The third kappa shape index (κ3) is 3.15. The van der Waals surface area contributed by atoms with Gasteiger partial charge in [-0.3, -0.25) is 4.79 Å². The van der Waals surface area contributed by atoms with Crippen LogP contribution < -0.4 is 4.74 Å². The number of hydrogen-bond donors (Lipinski definition) is 0. The summed E-state index contributed by atoms with van der Waals surface area (Å²) in [6, 6.07) is 0. The van der Waals surface area contributed by atoms with Crippen LogP contribution in [0.3, 0.4) is 0 Å². The van der Waals surface area contributed by atoms with Crippen LogP contribution in [0.2, 0.25) is 10.0 Å². The summed E-state index contributed by atoms with van der Waals surface area (Å²) in [6.45, 7) is 8.90. The Balaban J connectivity index is 3.34. The molecule has 0 unspecified atom stereocenters. The van der Waals surface area contributed by atoms with Gasteiger partial charge < -0.3 is 9.47 Å². The number of carbonyl (C=O) groups is 1. The van der Waals surface area contributed by atoms with E-state index in [0.29, 0.717) is 23.8 Å². The van der Waals surface area contributed by atoms with Crippen LogP contribution in [0.5, 0.6) is 5.75 Å². The molecular formula is C12H13Cl2NO3. The summed E-state index contributed by atoms with van der Waals surface area (Å²) in [7, 11) is 0. The number of pyridine rings is 1. The Kier molecular flexibility index (Phi) is 4.99. The summed E-state index contributed by atoms with van der Waals surface area (Å²) in [5.74, 6) is -0.137. The van der Waals surface area contributed by atoms with Crippen LogP contribution in [0.1, 0.15) is 25.2 Å². The maximum atomic E-state index is 11.0. The zero-order valence-electron chi connectivity index (χ0n) is 10.3. The minimum atomic E-state index is -0.516. The van der Waals surface area contributed by atoms with Crippen molar-refractivity contribution < 1.29 is 14.3 Å². The molecule has 0 bridgehead atoms. The van der Waals surface area contributed by atoms with Crippen molar-refractivity contribution in [1.82, 2.24) is 4.98 Å². The second-order valence-electron chi connectivity index (χ2n) is 3.45. The SMILES string of the molecule is C=C(OCC)c1nc(C)c(Cl)c(OC(C)=O)c1Cl. The van der Waals surface area contributed by atoms with E-state index in [1.165, 1.54) is 6.92 Å². The van der Waals surface area contributed by atoms with E-state index in [4.69, 9.17) is 32.7 Å². The lowest BCUT2D eigenvalue weighted by molar-refractivity contribution is -0.131. The first-order valence-electron chi connectivity index (χ1n) is 5.24. The molecule has 1 heterocycles. The number of nitrogens with zero attached hydrogens (tertiary/aromatic N) is 1. The van der Waals surface area contributed by atoms with Gasteiger partial charge in [0.2, 0.25) is 0 Å². The van der Waals surface area contributed by atoms with Gasteiger partial charge in [-0.1, -0.05) is 29.8 Å². The Bertz CT molecular complexity index is 501. The van der Waals surface area contributed by atoms with Gasteiger partial charge in [0.1, 0.15) is 21.5 Å². The predicted octanol–water partition coefficient (Wildman–Crippen LogP) is 3.63. The number of rotatable bonds is 4. The van der Waals surface area contributed by atoms with E-state index in [1.807, 2.05) is 6.92 Å². The molecule has 18 heavy (non-hydrogen) atoms. The quantitative estimate of drug-likeness (QED) is 0.627. The van der Waals surface area contributed by atoms with Crippen molar-refractivity contribution in [3.05, 3.63) is 28.0 Å². The smallest absolute Gasteiger partial charge is 0.308 e. The summed E-state index contributed by atoms with van der Waals surface area (Å²) in [5.41, 5.74) is 0.796. The number of carbonyl (C=O) groups excluding carboxylic acids is 1. The maximum Gasteiger partial charge on any atom is 0.308 e. The summed E-state index contributed by atoms with van der Waals surface area (Å²) in [6.07, 6.45) is 0. The number of aryl methyl sites for hydroxylation is 1. The Morgan fingerprint density at radius 1 is 1.39 bits per heavy atom. The van der Waals surface area contributed by atoms with Crippen LogP contribution >= 0.6 is 23.2 Å². The summed E-state index contributed by atoms with van der Waals surface area (Å²) in [4.78, 5) is 15.2. The third-order valence-corrected chi connectivity index (χ3v) is 2.83. The lowest BCUT2D eigenvalue weighted by Crippen LogP contribution is -2.06. The molecule has 1 aromatic rings. The Labute approximate surface area is 116 Å². The van der Waals surface area contributed by atoms with E-state index in [-0.39, 0.29) is 15.8 Å². The second-order valence-corrected chi connectivity index (χ2v) is 4.21. The van der Waals surface area contributed by atoms with Crippen molar-refractivity contribution in [3.8, 4) is 5.75 Å². The van der Waals surface area contributed by atoms with Gasteiger partial charge in [0.05, 0.1) is 12.3 Å². The highest BCUT2D eigenvalue weighted by Gasteiger charge is 2.20. The molecule has 0 aliphatic heterocycles. The Hall–Kier alpha value is -1.26. The summed E-state index contributed by atoms with van der Waals surface area (Å²) < 4.78 is 10.2. The minimum Gasteiger partial charge on any atom is -0.492 e. The molecule has 6 heteroatoms. The highest BCUT2D eigenvalue weighted by atomic mass is 35.5. The topological polar surface area (TPSA) is 48.4 Å². The normalized spacial score (nSPS) is 10.1. The third-order valence-electron chi connectivity index (χ3n) is 2.03.